The van der Waals surface area contributed by atoms with Crippen molar-refractivity contribution in [2.75, 3.05) is 18.0 Å². The summed E-state index contributed by atoms with van der Waals surface area (Å²) >= 11 is 0. The summed E-state index contributed by atoms with van der Waals surface area (Å²) in [6.45, 7) is 4.91. The molecule has 6 heteroatoms. The summed E-state index contributed by atoms with van der Waals surface area (Å²) in [4.78, 5) is 16.6. The van der Waals surface area contributed by atoms with Gasteiger partial charge in [0.2, 0.25) is 0 Å². The molecule has 0 amide bonds. The Morgan fingerprint density at radius 1 is 1.44 bits per heavy atom. The smallest absolute Gasteiger partial charge is 0.290 e. The number of nitrogens with zero attached hydrogens (tertiary/aromatic N) is 3. The fourth-order valence-electron chi connectivity index (χ4n) is 2.13. The Labute approximate surface area is 105 Å². The van der Waals surface area contributed by atoms with Crippen LogP contribution in [0, 0.1) is 17.0 Å². The van der Waals surface area contributed by atoms with Crippen molar-refractivity contribution in [3.63, 3.8) is 0 Å². The molecule has 18 heavy (non-hydrogen) atoms. The van der Waals surface area contributed by atoms with E-state index >= 15 is 0 Å². The van der Waals surface area contributed by atoms with Crippen molar-refractivity contribution < 1.29 is 10.0 Å². The van der Waals surface area contributed by atoms with Crippen LogP contribution in [-0.2, 0) is 0 Å². The minimum absolute atomic E-state index is 0.0442. The summed E-state index contributed by atoms with van der Waals surface area (Å²) in [6.07, 6.45) is 1.37. The molecule has 98 valence electrons. The summed E-state index contributed by atoms with van der Waals surface area (Å²) in [7, 11) is 0. The number of pyridine rings is 1. The van der Waals surface area contributed by atoms with Crippen molar-refractivity contribution in [1.82, 2.24) is 4.98 Å². The highest BCUT2D eigenvalue weighted by atomic mass is 16.6. The van der Waals surface area contributed by atoms with Gasteiger partial charge in [0.05, 0.1) is 10.5 Å². The van der Waals surface area contributed by atoms with E-state index in [9.17, 15) is 15.2 Å². The molecule has 1 aliphatic rings. The molecule has 2 rings (SSSR count). The molecule has 1 N–H and O–H groups in total. The predicted molar refractivity (Wildman–Crippen MR) is 67.7 cm³/mol. The molecule has 0 aliphatic carbocycles. The second kappa shape index (κ2) is 4.53. The lowest BCUT2D eigenvalue weighted by Gasteiger charge is -2.36. The molecule has 0 aromatic carbocycles. The molecular weight excluding hydrogens is 234 g/mol. The lowest BCUT2D eigenvalue weighted by molar-refractivity contribution is -0.385. The highest BCUT2D eigenvalue weighted by Gasteiger charge is 2.28. The second-order valence-electron chi connectivity index (χ2n) is 5.02. The number of piperidine rings is 1. The minimum Gasteiger partial charge on any atom is -0.390 e. The van der Waals surface area contributed by atoms with Gasteiger partial charge < -0.3 is 10.0 Å². The first-order valence-electron chi connectivity index (χ1n) is 5.98. The number of aromatic nitrogens is 1. The zero-order valence-corrected chi connectivity index (χ0v) is 10.6. The maximum Gasteiger partial charge on any atom is 0.290 e. The summed E-state index contributed by atoms with van der Waals surface area (Å²) < 4.78 is 0. The SMILES string of the molecule is Cc1nc(N2CCC(C)(O)CC2)ccc1[N+](=O)[O-]. The number of anilines is 1. The molecule has 0 saturated carbocycles. The average molecular weight is 251 g/mol. The van der Waals surface area contributed by atoms with Gasteiger partial charge in [0.15, 0.2) is 0 Å². The molecule has 0 unspecified atom stereocenters. The molecular formula is C12H17N3O3. The van der Waals surface area contributed by atoms with Gasteiger partial charge in [-0.3, -0.25) is 10.1 Å². The minimum atomic E-state index is -0.605. The third kappa shape index (κ3) is 2.59. The average Bonchev–Trinajstić information content (AvgIpc) is 2.28. The molecule has 0 bridgehead atoms. The third-order valence-corrected chi connectivity index (χ3v) is 3.40. The van der Waals surface area contributed by atoms with Crippen molar-refractivity contribution in [2.24, 2.45) is 0 Å². The van der Waals surface area contributed by atoms with E-state index in [0.29, 0.717) is 18.5 Å². The van der Waals surface area contributed by atoms with Crippen LogP contribution in [0.1, 0.15) is 25.5 Å². The van der Waals surface area contributed by atoms with Crippen molar-refractivity contribution in [1.29, 1.82) is 0 Å². The van der Waals surface area contributed by atoms with Crippen LogP contribution in [0.3, 0.4) is 0 Å². The standard InChI is InChI=1S/C12H17N3O3/c1-9-10(15(17)18)3-4-11(13-9)14-7-5-12(2,16)6-8-14/h3-4,16H,5-8H2,1-2H3. The van der Waals surface area contributed by atoms with Crippen LogP contribution in [-0.4, -0.2) is 33.7 Å². The maximum absolute atomic E-state index is 10.7. The zero-order chi connectivity index (χ0) is 13.3. The van der Waals surface area contributed by atoms with E-state index < -0.39 is 10.5 Å². The summed E-state index contributed by atoms with van der Waals surface area (Å²) in [6, 6.07) is 3.16. The van der Waals surface area contributed by atoms with Gasteiger partial charge in [0, 0.05) is 19.2 Å². The number of aryl methyl sites for hydroxylation is 1. The number of nitro groups is 1. The van der Waals surface area contributed by atoms with E-state index in [1.54, 1.807) is 13.0 Å². The van der Waals surface area contributed by atoms with Crippen molar-refractivity contribution in [3.8, 4) is 0 Å². The van der Waals surface area contributed by atoms with Crippen LogP contribution < -0.4 is 4.90 Å². The fraction of sp³-hybridized carbons (Fsp3) is 0.583. The van der Waals surface area contributed by atoms with Crippen LogP contribution in [0.15, 0.2) is 12.1 Å². The van der Waals surface area contributed by atoms with Gasteiger partial charge in [-0.05, 0) is 32.8 Å². The Kier molecular flexibility index (Phi) is 3.21. The lowest BCUT2D eigenvalue weighted by atomic mass is 9.94. The molecule has 2 heterocycles. The molecule has 1 fully saturated rings. The second-order valence-corrected chi connectivity index (χ2v) is 5.02. The molecule has 0 atom stereocenters. The molecule has 1 aromatic heterocycles. The Balaban J connectivity index is 2.16. The number of rotatable bonds is 2. The number of aliphatic hydroxyl groups is 1. The van der Waals surface area contributed by atoms with E-state index in [1.165, 1.54) is 6.07 Å². The highest BCUT2D eigenvalue weighted by Crippen LogP contribution is 2.26. The van der Waals surface area contributed by atoms with Gasteiger partial charge in [0.25, 0.3) is 5.69 Å². The Morgan fingerprint density at radius 3 is 2.56 bits per heavy atom. The molecule has 0 radical (unpaired) electrons. The molecule has 0 spiro atoms. The van der Waals surface area contributed by atoms with Crippen LogP contribution in [0.25, 0.3) is 0 Å². The topological polar surface area (TPSA) is 79.5 Å². The molecule has 1 saturated heterocycles. The van der Waals surface area contributed by atoms with Crippen LogP contribution in [0.2, 0.25) is 0 Å². The number of hydrogen-bond donors (Lipinski definition) is 1. The van der Waals surface area contributed by atoms with Crippen molar-refractivity contribution >= 4 is 11.5 Å². The van der Waals surface area contributed by atoms with Gasteiger partial charge in [-0.15, -0.1) is 0 Å². The lowest BCUT2D eigenvalue weighted by Crippen LogP contribution is -2.42. The Morgan fingerprint density at radius 2 is 2.06 bits per heavy atom. The molecule has 6 nitrogen and oxygen atoms in total. The van der Waals surface area contributed by atoms with Gasteiger partial charge in [-0.25, -0.2) is 4.98 Å². The summed E-state index contributed by atoms with van der Waals surface area (Å²) in [5, 5.41) is 20.6. The fourth-order valence-corrected chi connectivity index (χ4v) is 2.13. The van der Waals surface area contributed by atoms with Gasteiger partial charge in [0.1, 0.15) is 11.5 Å². The zero-order valence-electron chi connectivity index (χ0n) is 10.6. The van der Waals surface area contributed by atoms with E-state index in [1.807, 2.05) is 6.92 Å². The van der Waals surface area contributed by atoms with E-state index in [0.717, 1.165) is 18.9 Å². The van der Waals surface area contributed by atoms with Gasteiger partial charge >= 0.3 is 0 Å². The molecule has 1 aromatic rings. The van der Waals surface area contributed by atoms with Crippen molar-refractivity contribution in [2.45, 2.75) is 32.3 Å². The summed E-state index contributed by atoms with van der Waals surface area (Å²) in [5.74, 6) is 0.744. The maximum atomic E-state index is 10.7. The van der Waals surface area contributed by atoms with Crippen molar-refractivity contribution in [3.05, 3.63) is 27.9 Å². The van der Waals surface area contributed by atoms with Gasteiger partial charge in [-0.1, -0.05) is 0 Å². The predicted octanol–water partition coefficient (Wildman–Crippen LogP) is 1.65. The first kappa shape index (κ1) is 12.8. The third-order valence-electron chi connectivity index (χ3n) is 3.40. The van der Waals surface area contributed by atoms with E-state index in [2.05, 4.69) is 9.88 Å². The van der Waals surface area contributed by atoms with E-state index in [-0.39, 0.29) is 5.69 Å². The number of hydrogen-bond acceptors (Lipinski definition) is 5. The molecule has 1 aliphatic heterocycles. The Hall–Kier alpha value is -1.69. The largest absolute Gasteiger partial charge is 0.390 e. The Bertz CT molecular complexity index is 464. The monoisotopic (exact) mass is 251 g/mol. The highest BCUT2D eigenvalue weighted by molar-refractivity contribution is 5.47. The van der Waals surface area contributed by atoms with Crippen LogP contribution in [0.4, 0.5) is 11.5 Å². The first-order chi connectivity index (χ1) is 8.39. The van der Waals surface area contributed by atoms with Crippen LogP contribution >= 0.6 is 0 Å². The first-order valence-corrected chi connectivity index (χ1v) is 5.98. The van der Waals surface area contributed by atoms with Gasteiger partial charge in [-0.2, -0.15) is 0 Å². The summed E-state index contributed by atoms with van der Waals surface area (Å²) in [5.41, 5.74) is -0.135. The normalized spacial score (nSPS) is 18.7. The quantitative estimate of drug-likeness (QED) is 0.638. The van der Waals surface area contributed by atoms with E-state index in [4.69, 9.17) is 0 Å². The van der Waals surface area contributed by atoms with Crippen LogP contribution in [0.5, 0.6) is 0 Å².